The summed E-state index contributed by atoms with van der Waals surface area (Å²) in [5.74, 6) is -2.08. The molecule has 1 radical (unpaired) electrons. The van der Waals surface area contributed by atoms with E-state index in [1.54, 1.807) is 60.7 Å². The van der Waals surface area contributed by atoms with E-state index in [1.165, 1.54) is 0 Å². The van der Waals surface area contributed by atoms with Gasteiger partial charge in [0.15, 0.2) is 5.76 Å². The molecule has 3 heterocycles. The fraction of sp³-hybridized carbons (Fsp3) is 0.0667. The number of carbonyl (C=O) groups is 1. The van der Waals surface area contributed by atoms with E-state index in [-0.39, 0.29) is 16.5 Å². The van der Waals surface area contributed by atoms with Crippen LogP contribution in [0.1, 0.15) is 33.0 Å². The van der Waals surface area contributed by atoms with E-state index in [0.717, 1.165) is 46.1 Å². The van der Waals surface area contributed by atoms with Crippen LogP contribution in [0.3, 0.4) is 0 Å². The minimum atomic E-state index is -4.94. The Hall–Kier alpha value is -6.08. The Kier molecular flexibility index (Phi) is 17.4. The standard InChI is InChI=1S/C30H26N4.C15H12O3.ClHO4.Ni/c1-3-11-24(12-4-1)29-18-9-16-27(32-29)22-34(21-26-15-7-8-20-31-26)23-28-17-10-19-30(33-28)25-13-5-2-6-14-25;16-13(11-7-3-1-4-8-11)15(18)14(17)12-9-5-2-6-10-12;2-1(3,4)5;/h1-20H,21-23H2;1-10,16,18H;(H,2,3,4,5);/q;;;+3/p-2/b;15-13+;;. The van der Waals surface area contributed by atoms with E-state index in [9.17, 15) is 15.0 Å². The van der Waals surface area contributed by atoms with Gasteiger partial charge in [-0.15, -0.1) is 10.2 Å². The summed E-state index contributed by atoms with van der Waals surface area (Å²) in [7, 11) is -4.94. The van der Waals surface area contributed by atoms with Gasteiger partial charge < -0.3 is 10.2 Å². The number of ketones is 1. The number of aromatic nitrogens is 3. The number of hydrogen-bond donors (Lipinski definition) is 1. The number of hydrogen-bond acceptors (Lipinski definition) is 11. The van der Waals surface area contributed by atoms with Crippen molar-refractivity contribution in [3.05, 3.63) is 216 Å². The van der Waals surface area contributed by atoms with Crippen LogP contribution in [0.25, 0.3) is 28.3 Å². The van der Waals surface area contributed by atoms with Gasteiger partial charge in [-0.2, -0.15) is 0 Å². The zero-order valence-corrected chi connectivity index (χ0v) is 32.6. The first kappa shape index (κ1) is 44.6. The van der Waals surface area contributed by atoms with Crippen LogP contribution in [0.4, 0.5) is 0 Å². The predicted molar refractivity (Wildman–Crippen MR) is 203 cm³/mol. The molecule has 0 unspecified atom stereocenters. The van der Waals surface area contributed by atoms with Crippen molar-refractivity contribution in [1.29, 1.82) is 0 Å². The van der Waals surface area contributed by atoms with Gasteiger partial charge in [0, 0.05) is 42.5 Å². The average Bonchev–Trinajstić information content (AvgIpc) is 3.24. The van der Waals surface area contributed by atoms with Gasteiger partial charge in [-0.25, -0.2) is 18.6 Å². The SMILES string of the molecule is O=C(/C(O)=C(\[O-])c1ccccc1)c1ccccc1.[Ni+3].[O-][Cl+3]([O-])([O-])[O-].c1ccc(-c2cccc(CN(Cc3ccccn3)Cc3cccc(-c4ccccc4)n3)n2)cc1. The van der Waals surface area contributed by atoms with Crippen molar-refractivity contribution < 1.29 is 60.4 Å². The van der Waals surface area contributed by atoms with Crippen LogP contribution < -0.4 is 23.7 Å². The Labute approximate surface area is 348 Å². The molecule has 0 saturated heterocycles. The zero-order valence-electron chi connectivity index (χ0n) is 30.8. The molecule has 3 aromatic heterocycles. The number of halogens is 1. The van der Waals surface area contributed by atoms with Crippen molar-refractivity contribution >= 4 is 11.5 Å². The minimum Gasteiger partial charge on any atom is -0.869 e. The first-order valence-electron chi connectivity index (χ1n) is 17.6. The number of benzene rings is 4. The Morgan fingerprint density at radius 2 is 0.897 bits per heavy atom. The van der Waals surface area contributed by atoms with Gasteiger partial charge >= 0.3 is 16.5 Å². The molecule has 1 N–H and O–H groups in total. The molecule has 0 aliphatic heterocycles. The molecule has 0 fully saturated rings. The predicted octanol–water partition coefficient (Wildman–Crippen LogP) is 3.81. The number of Topliss-reactive ketones (excluding diaryl/α,β-unsaturated/α-hetero) is 1. The molecule has 0 saturated carbocycles. The summed E-state index contributed by atoms with van der Waals surface area (Å²) in [5.41, 5.74) is 7.88. The summed E-state index contributed by atoms with van der Waals surface area (Å²) < 4.78 is 34.0. The van der Waals surface area contributed by atoms with Gasteiger partial charge in [0.25, 0.3) is 0 Å². The number of pyridine rings is 3. The number of aliphatic hydroxyl groups excluding tert-OH is 1. The summed E-state index contributed by atoms with van der Waals surface area (Å²) in [4.78, 5) is 28.6. The summed E-state index contributed by atoms with van der Waals surface area (Å²) >= 11 is 0. The number of nitrogens with zero attached hydrogens (tertiary/aromatic N) is 4. The second-order valence-electron chi connectivity index (χ2n) is 12.3. The molecule has 295 valence electrons. The molecular weight excluding hydrogens is 803 g/mol. The zero-order chi connectivity index (χ0) is 40.5. The van der Waals surface area contributed by atoms with Crippen molar-refractivity contribution in [3.63, 3.8) is 0 Å². The Morgan fingerprint density at radius 1 is 0.517 bits per heavy atom. The fourth-order valence-corrected chi connectivity index (χ4v) is 5.58. The van der Waals surface area contributed by atoms with E-state index in [0.29, 0.717) is 24.2 Å². The van der Waals surface area contributed by atoms with Crippen molar-refractivity contribution in [2.75, 3.05) is 0 Å². The maximum absolute atomic E-state index is 11.9. The first-order chi connectivity index (χ1) is 27.5. The molecule has 0 aliphatic carbocycles. The molecule has 13 heteroatoms. The van der Waals surface area contributed by atoms with Crippen LogP contribution in [0.5, 0.6) is 0 Å². The van der Waals surface area contributed by atoms with Crippen molar-refractivity contribution in [3.8, 4) is 22.5 Å². The van der Waals surface area contributed by atoms with Crippen LogP contribution in [-0.2, 0) is 36.1 Å². The maximum Gasteiger partial charge on any atom is 3.00 e. The molecule has 7 rings (SSSR count). The molecule has 58 heavy (non-hydrogen) atoms. The van der Waals surface area contributed by atoms with E-state index >= 15 is 0 Å². The largest absolute Gasteiger partial charge is 3.00 e. The summed E-state index contributed by atoms with van der Waals surface area (Å²) in [6.07, 6.45) is 1.84. The maximum atomic E-state index is 11.9. The number of aliphatic hydroxyl groups is 1. The van der Waals surface area contributed by atoms with Gasteiger partial charge in [-0.1, -0.05) is 145 Å². The number of allylic oxidation sites excluding steroid dienone is 1. The van der Waals surface area contributed by atoms with Gasteiger partial charge in [-0.05, 0) is 42.0 Å². The van der Waals surface area contributed by atoms with Gasteiger partial charge in [0.1, 0.15) is 0 Å². The van der Waals surface area contributed by atoms with Crippen LogP contribution in [-0.4, -0.2) is 30.7 Å². The monoisotopic (exact) mass is 838 g/mol. The molecule has 0 amide bonds. The smallest absolute Gasteiger partial charge is 0.869 e. The van der Waals surface area contributed by atoms with E-state index in [1.807, 2.05) is 54.7 Å². The van der Waals surface area contributed by atoms with Crippen LogP contribution >= 0.6 is 0 Å². The van der Waals surface area contributed by atoms with E-state index < -0.39 is 27.5 Å². The summed E-state index contributed by atoms with van der Waals surface area (Å²) in [5, 5.41) is 21.6. The van der Waals surface area contributed by atoms with Crippen LogP contribution in [0.2, 0.25) is 0 Å². The summed E-state index contributed by atoms with van der Waals surface area (Å²) in [6, 6.07) is 55.5. The van der Waals surface area contributed by atoms with Crippen molar-refractivity contribution in [2.45, 2.75) is 19.6 Å². The Balaban J connectivity index is 0.000000260. The fourth-order valence-electron chi connectivity index (χ4n) is 5.58. The molecule has 0 atom stereocenters. The van der Waals surface area contributed by atoms with Gasteiger partial charge in [0.2, 0.25) is 5.78 Å². The molecule has 0 bridgehead atoms. The van der Waals surface area contributed by atoms with Gasteiger partial charge in [-0.3, -0.25) is 24.6 Å². The summed E-state index contributed by atoms with van der Waals surface area (Å²) in [6.45, 7) is 2.12. The molecule has 11 nitrogen and oxygen atoms in total. The normalized spacial score (nSPS) is 11.1. The van der Waals surface area contributed by atoms with Gasteiger partial charge in [0.05, 0.1) is 28.5 Å². The number of rotatable bonds is 11. The van der Waals surface area contributed by atoms with E-state index in [4.69, 9.17) is 28.6 Å². The third-order valence-corrected chi connectivity index (χ3v) is 8.14. The minimum absolute atomic E-state index is 0. The first-order valence-corrected chi connectivity index (χ1v) is 18.8. The third-order valence-electron chi connectivity index (χ3n) is 8.14. The van der Waals surface area contributed by atoms with Crippen LogP contribution in [0, 0.1) is 10.2 Å². The molecular formula is C45H37ClN4NiO7+. The van der Waals surface area contributed by atoms with Crippen molar-refractivity contribution in [1.82, 2.24) is 19.9 Å². The Morgan fingerprint density at radius 3 is 1.33 bits per heavy atom. The average molecular weight is 840 g/mol. The molecule has 4 aromatic carbocycles. The second kappa shape index (κ2) is 22.6. The quantitative estimate of drug-likeness (QED) is 0.0862. The molecule has 7 aromatic rings. The third kappa shape index (κ3) is 14.8. The molecule has 0 spiro atoms. The Bertz CT molecular complexity index is 2230. The number of carbonyl (C=O) groups excluding carboxylic acids is 1. The second-order valence-corrected chi connectivity index (χ2v) is 13.1. The van der Waals surface area contributed by atoms with Crippen molar-refractivity contribution in [2.24, 2.45) is 0 Å². The molecule has 0 aliphatic rings. The topological polar surface area (TPSA) is 195 Å². The van der Waals surface area contributed by atoms with Crippen LogP contribution in [0.15, 0.2) is 188 Å². The van der Waals surface area contributed by atoms with E-state index in [2.05, 4.69) is 76.6 Å².